The largest absolute Gasteiger partial charge is 0.292 e. The highest BCUT2D eigenvalue weighted by Gasteiger charge is 2.21. The Labute approximate surface area is 323 Å². The second-order valence-electron chi connectivity index (χ2n) is 13.5. The maximum Gasteiger partial charge on any atom is 0.145 e. The van der Waals surface area contributed by atoms with Crippen molar-refractivity contribution in [3.63, 3.8) is 0 Å². The molecule has 2 aromatic heterocycles. The maximum atomic E-state index is 8.89. The van der Waals surface area contributed by atoms with Gasteiger partial charge in [-0.25, -0.2) is 4.98 Å². The number of imidazole rings is 1. The van der Waals surface area contributed by atoms with Crippen molar-refractivity contribution < 1.29 is 6.85 Å². The Morgan fingerprint density at radius 2 is 1.15 bits per heavy atom. The van der Waals surface area contributed by atoms with Gasteiger partial charge in [-0.15, -0.1) is 11.3 Å². The number of benzene rings is 9. The first kappa shape index (κ1) is 26.0. The fourth-order valence-electron chi connectivity index (χ4n) is 8.19. The van der Waals surface area contributed by atoms with Gasteiger partial charge in [0.1, 0.15) is 5.82 Å². The minimum absolute atomic E-state index is 0.0569. The van der Waals surface area contributed by atoms with E-state index in [1.165, 1.54) is 31.3 Å². The fourth-order valence-corrected chi connectivity index (χ4v) is 9.32. The van der Waals surface area contributed by atoms with Gasteiger partial charge < -0.3 is 0 Å². The van der Waals surface area contributed by atoms with Gasteiger partial charge in [0, 0.05) is 31.4 Å². The van der Waals surface area contributed by atoms with Crippen LogP contribution >= 0.6 is 11.3 Å². The van der Waals surface area contributed by atoms with Gasteiger partial charge in [-0.05, 0) is 97.4 Å². The van der Waals surface area contributed by atoms with E-state index in [2.05, 4.69) is 121 Å². The molecule has 252 valence electrons. The summed E-state index contributed by atoms with van der Waals surface area (Å²) in [5.41, 5.74) is 8.95. The van der Waals surface area contributed by atoms with Crippen LogP contribution < -0.4 is 0 Å². The number of aromatic nitrogens is 2. The van der Waals surface area contributed by atoms with Gasteiger partial charge in [0.2, 0.25) is 0 Å². The molecule has 9 aromatic carbocycles. The van der Waals surface area contributed by atoms with Crippen molar-refractivity contribution in [2.24, 2.45) is 0 Å². The summed E-state index contributed by atoms with van der Waals surface area (Å²) < 4.78 is 47.4. The summed E-state index contributed by atoms with van der Waals surface area (Å²) in [5, 5.41) is 7.00. The molecule has 0 aliphatic carbocycles. The first-order chi connectivity index (χ1) is 28.9. The van der Waals surface area contributed by atoms with Gasteiger partial charge in [-0.2, -0.15) is 0 Å². The summed E-state index contributed by atoms with van der Waals surface area (Å²) in [6.45, 7) is 0. The lowest BCUT2D eigenvalue weighted by Crippen LogP contribution is -1.98. The highest BCUT2D eigenvalue weighted by atomic mass is 32.1. The smallest absolute Gasteiger partial charge is 0.145 e. The van der Waals surface area contributed by atoms with E-state index in [0.717, 1.165) is 55.0 Å². The van der Waals surface area contributed by atoms with Crippen molar-refractivity contribution in [2.75, 3.05) is 0 Å². The van der Waals surface area contributed by atoms with Crippen LogP contribution in [-0.2, 0) is 0 Å². The molecule has 0 amide bonds. The van der Waals surface area contributed by atoms with Crippen LogP contribution in [0.15, 0.2) is 194 Å². The van der Waals surface area contributed by atoms with E-state index >= 15 is 0 Å². The molecule has 0 spiro atoms. The summed E-state index contributed by atoms with van der Waals surface area (Å²) in [6, 6.07) is 55.4. The Morgan fingerprint density at radius 1 is 0.463 bits per heavy atom. The molecule has 0 aliphatic rings. The molecule has 0 N–H and O–H groups in total. The lowest BCUT2D eigenvalue weighted by atomic mass is 9.84. The molecule has 0 aliphatic heterocycles. The van der Waals surface area contributed by atoms with Crippen LogP contribution in [0.3, 0.4) is 0 Å². The Bertz CT molecular complexity index is 3490. The maximum absolute atomic E-state index is 8.89. The summed E-state index contributed by atoms with van der Waals surface area (Å²) in [5.74, 6) is 0.286. The van der Waals surface area contributed by atoms with Crippen molar-refractivity contribution >= 4 is 64.1 Å². The average molecular weight is 710 g/mol. The number of para-hydroxylation sites is 2. The van der Waals surface area contributed by atoms with Gasteiger partial charge in [-0.1, -0.05) is 152 Å². The predicted molar refractivity (Wildman–Crippen MR) is 231 cm³/mol. The Morgan fingerprint density at radius 3 is 2.02 bits per heavy atom. The Balaban J connectivity index is 1.23. The number of fused-ring (bicyclic) bond motifs is 6. The molecule has 54 heavy (non-hydrogen) atoms. The van der Waals surface area contributed by atoms with Crippen LogP contribution in [-0.4, -0.2) is 9.55 Å². The molecule has 0 saturated heterocycles. The number of thiophene rings is 1. The monoisotopic (exact) mass is 709 g/mol. The predicted octanol–water partition coefficient (Wildman–Crippen LogP) is 14.4. The third kappa shape index (κ3) is 4.83. The van der Waals surface area contributed by atoms with E-state index in [9.17, 15) is 0 Å². The lowest BCUT2D eigenvalue weighted by Gasteiger charge is -2.20. The normalized spacial score (nSPS) is 13.0. The first-order valence-corrected chi connectivity index (χ1v) is 18.8. The van der Waals surface area contributed by atoms with Gasteiger partial charge in [0.15, 0.2) is 0 Å². The quantitative estimate of drug-likeness (QED) is 0.163. The summed E-state index contributed by atoms with van der Waals surface area (Å²) in [4.78, 5) is 4.92. The zero-order chi connectivity index (χ0) is 39.9. The average Bonchev–Trinajstić information content (AvgIpc) is 3.86. The molecule has 0 radical (unpaired) electrons. The zero-order valence-corrected chi connectivity index (χ0v) is 29.7. The van der Waals surface area contributed by atoms with Crippen LogP contribution in [0.4, 0.5) is 0 Å². The fraction of sp³-hybridized carbons (Fsp3) is 0. The molecule has 0 atom stereocenters. The molecule has 11 rings (SSSR count). The minimum atomic E-state index is -0.436. The summed E-state index contributed by atoms with van der Waals surface area (Å²) in [6.07, 6.45) is 0. The standard InChI is InChI=1S/C51H32N2S/c1-3-15-33(16-4-1)35-29-30-40-43(32-35)49(42-24-14-28-47-50(42)41-23-9-12-27-46(41)54-47)39-22-8-7-21-38(39)48(40)36-19-13-20-37(31-36)53-45-26-11-10-25-44(45)52-51(53)34-17-5-2-6-18-34/h1-32H/i2D,5D,6D,17D,18D. The second kappa shape index (κ2) is 12.4. The lowest BCUT2D eigenvalue weighted by molar-refractivity contribution is 1.10. The van der Waals surface area contributed by atoms with Crippen molar-refractivity contribution in [3.8, 4) is 50.5 Å². The third-order valence-corrected chi connectivity index (χ3v) is 11.6. The topological polar surface area (TPSA) is 17.8 Å². The SMILES string of the molecule is [2H]c1c([2H])c([2H])c(-c2nc3ccccc3n2-c2cccc(-c3c4ccccc4c(-c4cccc5sc6ccccc6c45)c4cc(-c5ccccc5)ccc34)c2)c([2H])c1[2H]. The first-order valence-electron chi connectivity index (χ1n) is 20.5. The van der Waals surface area contributed by atoms with Crippen LogP contribution in [0.1, 0.15) is 6.85 Å². The van der Waals surface area contributed by atoms with Crippen LogP contribution in [0.5, 0.6) is 0 Å². The minimum Gasteiger partial charge on any atom is -0.292 e. The Hall–Kier alpha value is -6.81. The van der Waals surface area contributed by atoms with Crippen LogP contribution in [0, 0.1) is 0 Å². The number of nitrogens with zero attached hydrogens (tertiary/aromatic N) is 2. The van der Waals surface area contributed by atoms with E-state index in [1.807, 2.05) is 58.4 Å². The van der Waals surface area contributed by atoms with Gasteiger partial charge in [0.25, 0.3) is 0 Å². The van der Waals surface area contributed by atoms with Crippen molar-refractivity contribution in [1.82, 2.24) is 9.55 Å². The molecule has 0 fully saturated rings. The zero-order valence-electron chi connectivity index (χ0n) is 33.9. The summed E-state index contributed by atoms with van der Waals surface area (Å²) >= 11 is 1.82. The van der Waals surface area contributed by atoms with E-state index < -0.39 is 18.1 Å². The van der Waals surface area contributed by atoms with Gasteiger partial charge in [-0.3, -0.25) is 4.57 Å². The second-order valence-corrected chi connectivity index (χ2v) is 14.6. The molecular weight excluding hydrogens is 673 g/mol. The van der Waals surface area contributed by atoms with Gasteiger partial charge >= 0.3 is 0 Å². The number of hydrogen-bond donors (Lipinski definition) is 0. The molecule has 2 nitrogen and oxygen atoms in total. The Kier molecular flexibility index (Phi) is 5.98. The highest BCUT2D eigenvalue weighted by Crippen LogP contribution is 2.49. The molecule has 2 heterocycles. The van der Waals surface area contributed by atoms with Crippen LogP contribution in [0.25, 0.3) is 103 Å². The third-order valence-electron chi connectivity index (χ3n) is 10.5. The van der Waals surface area contributed by atoms with E-state index in [-0.39, 0.29) is 23.5 Å². The van der Waals surface area contributed by atoms with Crippen LogP contribution in [0.2, 0.25) is 0 Å². The molecule has 0 saturated carbocycles. The van der Waals surface area contributed by atoms with Crippen molar-refractivity contribution in [3.05, 3.63) is 194 Å². The number of hydrogen-bond acceptors (Lipinski definition) is 2. The van der Waals surface area contributed by atoms with Gasteiger partial charge in [0.05, 0.1) is 17.9 Å². The highest BCUT2D eigenvalue weighted by molar-refractivity contribution is 7.25. The van der Waals surface area contributed by atoms with E-state index in [0.29, 0.717) is 5.52 Å². The van der Waals surface area contributed by atoms with Crippen molar-refractivity contribution in [2.45, 2.75) is 0 Å². The summed E-state index contributed by atoms with van der Waals surface area (Å²) in [7, 11) is 0. The molecule has 11 aromatic rings. The molecule has 3 heteroatoms. The molecular formula is C51H32N2S. The van der Waals surface area contributed by atoms with E-state index in [4.69, 9.17) is 11.8 Å². The van der Waals surface area contributed by atoms with E-state index in [1.54, 1.807) is 0 Å². The molecule has 0 bridgehead atoms. The van der Waals surface area contributed by atoms with Crippen molar-refractivity contribution in [1.29, 1.82) is 0 Å². The molecule has 0 unspecified atom stereocenters. The number of rotatable bonds is 5.